The molecule has 1 aliphatic carbocycles. The first-order valence-corrected chi connectivity index (χ1v) is 7.91. The maximum absolute atomic E-state index is 12.3. The van der Waals surface area contributed by atoms with E-state index in [1.54, 1.807) is 0 Å². The van der Waals surface area contributed by atoms with Gasteiger partial charge in [0, 0.05) is 31.1 Å². The van der Waals surface area contributed by atoms with Crippen LogP contribution in [-0.4, -0.2) is 24.9 Å². The SMILES string of the molecule is O=C(NCCCC(=O)N1CCc2ccccc21)C1CCC1. The Balaban J connectivity index is 1.42. The number of carbonyl (C=O) groups is 2. The van der Waals surface area contributed by atoms with Crippen molar-refractivity contribution in [2.45, 2.75) is 38.5 Å². The van der Waals surface area contributed by atoms with Crippen molar-refractivity contribution in [3.8, 4) is 0 Å². The van der Waals surface area contributed by atoms with Crippen LogP contribution in [0.25, 0.3) is 0 Å². The summed E-state index contributed by atoms with van der Waals surface area (Å²) >= 11 is 0. The molecule has 1 aromatic rings. The third-order valence-corrected chi connectivity index (χ3v) is 4.53. The summed E-state index contributed by atoms with van der Waals surface area (Å²) in [6.45, 7) is 1.39. The van der Waals surface area contributed by atoms with Crippen LogP contribution in [0.1, 0.15) is 37.7 Å². The molecule has 0 spiro atoms. The van der Waals surface area contributed by atoms with Crippen LogP contribution in [-0.2, 0) is 16.0 Å². The molecule has 3 rings (SSSR count). The highest BCUT2D eigenvalue weighted by molar-refractivity contribution is 5.95. The second-order valence-electron chi connectivity index (χ2n) is 5.95. The van der Waals surface area contributed by atoms with Gasteiger partial charge in [-0.25, -0.2) is 0 Å². The van der Waals surface area contributed by atoms with Crippen molar-refractivity contribution in [1.29, 1.82) is 0 Å². The van der Waals surface area contributed by atoms with Crippen LogP contribution in [0, 0.1) is 5.92 Å². The Bertz CT molecular complexity index is 537. The Kier molecular flexibility index (Phi) is 4.23. The zero-order valence-electron chi connectivity index (χ0n) is 12.3. The van der Waals surface area contributed by atoms with E-state index in [4.69, 9.17) is 0 Å². The Morgan fingerprint density at radius 1 is 1.24 bits per heavy atom. The molecule has 0 radical (unpaired) electrons. The van der Waals surface area contributed by atoms with E-state index < -0.39 is 0 Å². The van der Waals surface area contributed by atoms with Crippen LogP contribution in [0.3, 0.4) is 0 Å². The number of rotatable bonds is 5. The summed E-state index contributed by atoms with van der Waals surface area (Å²) in [7, 11) is 0. The van der Waals surface area contributed by atoms with Gasteiger partial charge in [0.1, 0.15) is 0 Å². The van der Waals surface area contributed by atoms with Gasteiger partial charge in [0.15, 0.2) is 0 Å². The van der Waals surface area contributed by atoms with Crippen molar-refractivity contribution >= 4 is 17.5 Å². The number of amides is 2. The van der Waals surface area contributed by atoms with Gasteiger partial charge in [-0.05, 0) is 37.3 Å². The summed E-state index contributed by atoms with van der Waals surface area (Å²) < 4.78 is 0. The Hall–Kier alpha value is -1.84. The molecule has 1 N–H and O–H groups in total. The third-order valence-electron chi connectivity index (χ3n) is 4.53. The lowest BCUT2D eigenvalue weighted by Gasteiger charge is -2.24. The second kappa shape index (κ2) is 6.29. The summed E-state index contributed by atoms with van der Waals surface area (Å²) in [4.78, 5) is 25.8. The lowest BCUT2D eigenvalue weighted by molar-refractivity contribution is -0.127. The van der Waals surface area contributed by atoms with Gasteiger partial charge in [-0.15, -0.1) is 0 Å². The molecule has 1 aromatic carbocycles. The Labute approximate surface area is 125 Å². The molecular formula is C17H22N2O2. The summed E-state index contributed by atoms with van der Waals surface area (Å²) in [5, 5.41) is 2.94. The minimum absolute atomic E-state index is 0.165. The van der Waals surface area contributed by atoms with E-state index in [2.05, 4.69) is 11.4 Å². The smallest absolute Gasteiger partial charge is 0.227 e. The van der Waals surface area contributed by atoms with Crippen molar-refractivity contribution in [2.24, 2.45) is 5.92 Å². The Morgan fingerprint density at radius 2 is 2.05 bits per heavy atom. The molecule has 2 aliphatic rings. The minimum atomic E-state index is 0.165. The minimum Gasteiger partial charge on any atom is -0.356 e. The number of benzene rings is 1. The van der Waals surface area contributed by atoms with Crippen LogP contribution < -0.4 is 10.2 Å². The van der Waals surface area contributed by atoms with Crippen LogP contribution in [0.4, 0.5) is 5.69 Å². The molecule has 0 saturated heterocycles. The maximum Gasteiger partial charge on any atom is 0.227 e. The standard InChI is InChI=1S/C17H22N2O2/c20-16(9-4-11-18-17(21)14-6-3-7-14)19-12-10-13-5-1-2-8-15(13)19/h1-2,5,8,14H,3-4,6-7,9-12H2,(H,18,21). The van der Waals surface area contributed by atoms with Crippen LogP contribution in [0.15, 0.2) is 24.3 Å². The van der Waals surface area contributed by atoms with Gasteiger partial charge in [0.2, 0.25) is 11.8 Å². The molecule has 1 heterocycles. The molecule has 0 aromatic heterocycles. The third kappa shape index (κ3) is 3.09. The lowest BCUT2D eigenvalue weighted by atomic mass is 9.85. The zero-order chi connectivity index (χ0) is 14.7. The van der Waals surface area contributed by atoms with E-state index in [1.165, 1.54) is 12.0 Å². The average Bonchev–Trinajstić information content (AvgIpc) is 2.85. The first-order valence-electron chi connectivity index (χ1n) is 7.91. The highest BCUT2D eigenvalue weighted by Gasteiger charge is 2.25. The summed E-state index contributed by atoms with van der Waals surface area (Å²) in [5.74, 6) is 0.559. The molecule has 0 bridgehead atoms. The number of hydrogen-bond donors (Lipinski definition) is 1. The van der Waals surface area contributed by atoms with Gasteiger partial charge in [-0.2, -0.15) is 0 Å². The number of carbonyl (C=O) groups excluding carboxylic acids is 2. The van der Waals surface area contributed by atoms with Gasteiger partial charge < -0.3 is 10.2 Å². The molecule has 4 nitrogen and oxygen atoms in total. The van der Waals surface area contributed by atoms with Crippen molar-refractivity contribution in [1.82, 2.24) is 5.32 Å². The Morgan fingerprint density at radius 3 is 2.81 bits per heavy atom. The van der Waals surface area contributed by atoms with Crippen LogP contribution >= 0.6 is 0 Å². The molecule has 1 fully saturated rings. The molecule has 1 aliphatic heterocycles. The normalized spacial score (nSPS) is 17.2. The zero-order valence-corrected chi connectivity index (χ0v) is 12.3. The lowest BCUT2D eigenvalue weighted by Crippen LogP contribution is -2.35. The quantitative estimate of drug-likeness (QED) is 0.844. The van der Waals surface area contributed by atoms with Gasteiger partial charge in [-0.3, -0.25) is 9.59 Å². The molecule has 112 valence electrons. The van der Waals surface area contributed by atoms with Gasteiger partial charge in [-0.1, -0.05) is 24.6 Å². The van der Waals surface area contributed by atoms with Gasteiger partial charge >= 0.3 is 0 Å². The van der Waals surface area contributed by atoms with E-state index in [-0.39, 0.29) is 17.7 Å². The summed E-state index contributed by atoms with van der Waals surface area (Å²) in [6.07, 6.45) is 5.38. The predicted octanol–water partition coefficient (Wildman–Crippen LogP) is 2.27. The summed E-state index contributed by atoms with van der Waals surface area (Å²) in [6, 6.07) is 8.09. The molecule has 2 amide bonds. The van der Waals surface area contributed by atoms with E-state index in [9.17, 15) is 9.59 Å². The fraction of sp³-hybridized carbons (Fsp3) is 0.529. The fourth-order valence-corrected chi connectivity index (χ4v) is 3.00. The highest BCUT2D eigenvalue weighted by atomic mass is 16.2. The number of para-hydroxylation sites is 1. The average molecular weight is 286 g/mol. The summed E-state index contributed by atoms with van der Waals surface area (Å²) in [5.41, 5.74) is 2.31. The predicted molar refractivity (Wildman–Crippen MR) is 82.1 cm³/mol. The largest absolute Gasteiger partial charge is 0.356 e. The molecule has 1 saturated carbocycles. The number of fused-ring (bicyclic) bond motifs is 1. The second-order valence-corrected chi connectivity index (χ2v) is 5.95. The van der Waals surface area contributed by atoms with Crippen molar-refractivity contribution < 1.29 is 9.59 Å². The van der Waals surface area contributed by atoms with Crippen molar-refractivity contribution in [2.75, 3.05) is 18.0 Å². The van der Waals surface area contributed by atoms with E-state index in [0.717, 1.165) is 37.9 Å². The van der Waals surface area contributed by atoms with E-state index in [1.807, 2.05) is 23.1 Å². The fourth-order valence-electron chi connectivity index (χ4n) is 3.00. The topological polar surface area (TPSA) is 49.4 Å². The number of nitrogens with one attached hydrogen (secondary N) is 1. The first kappa shape index (κ1) is 14.1. The van der Waals surface area contributed by atoms with Gasteiger partial charge in [0.05, 0.1) is 0 Å². The first-order chi connectivity index (χ1) is 10.3. The van der Waals surface area contributed by atoms with Crippen molar-refractivity contribution in [3.63, 3.8) is 0 Å². The van der Waals surface area contributed by atoms with Crippen LogP contribution in [0.5, 0.6) is 0 Å². The van der Waals surface area contributed by atoms with E-state index >= 15 is 0 Å². The molecule has 4 heteroatoms. The van der Waals surface area contributed by atoms with Crippen molar-refractivity contribution in [3.05, 3.63) is 29.8 Å². The maximum atomic E-state index is 12.3. The molecule has 0 atom stereocenters. The molecule has 21 heavy (non-hydrogen) atoms. The highest BCUT2D eigenvalue weighted by Crippen LogP contribution is 2.28. The van der Waals surface area contributed by atoms with Gasteiger partial charge in [0.25, 0.3) is 0 Å². The molecule has 0 unspecified atom stereocenters. The molecular weight excluding hydrogens is 264 g/mol. The van der Waals surface area contributed by atoms with Crippen LogP contribution in [0.2, 0.25) is 0 Å². The van der Waals surface area contributed by atoms with E-state index in [0.29, 0.717) is 13.0 Å². The monoisotopic (exact) mass is 286 g/mol. The number of anilines is 1. The number of nitrogens with zero attached hydrogens (tertiary/aromatic N) is 1. The number of hydrogen-bond acceptors (Lipinski definition) is 2.